The van der Waals surface area contributed by atoms with Gasteiger partial charge in [0.2, 0.25) is 0 Å². The molecule has 1 aliphatic heterocycles. The van der Waals surface area contributed by atoms with Crippen molar-refractivity contribution < 1.29 is 0 Å². The molecule has 1 aromatic rings. The van der Waals surface area contributed by atoms with Crippen LogP contribution in [0.3, 0.4) is 0 Å². The lowest BCUT2D eigenvalue weighted by Crippen LogP contribution is -2.49. The smallest absolute Gasteiger partial charge is 0.191 e. The van der Waals surface area contributed by atoms with Gasteiger partial charge >= 0.3 is 0 Å². The fourth-order valence-electron chi connectivity index (χ4n) is 2.86. The van der Waals surface area contributed by atoms with E-state index in [4.69, 9.17) is 11.6 Å². The van der Waals surface area contributed by atoms with Crippen molar-refractivity contribution in [1.82, 2.24) is 15.5 Å². The van der Waals surface area contributed by atoms with Gasteiger partial charge < -0.3 is 15.5 Å². The predicted molar refractivity (Wildman–Crippen MR) is 115 cm³/mol. The maximum atomic E-state index is 6.21. The Labute approximate surface area is 168 Å². The molecule has 0 atom stereocenters. The molecule has 2 N–H and O–H groups in total. The second-order valence-corrected chi connectivity index (χ2v) is 6.74. The molecule has 0 saturated carbocycles. The Hall–Kier alpha value is -0.530. The van der Waals surface area contributed by atoms with Crippen molar-refractivity contribution >= 4 is 41.5 Å². The van der Waals surface area contributed by atoms with Crippen LogP contribution in [0.1, 0.15) is 39.2 Å². The quantitative estimate of drug-likeness (QED) is 0.395. The topological polar surface area (TPSA) is 39.7 Å². The van der Waals surface area contributed by atoms with Gasteiger partial charge in [0, 0.05) is 36.7 Å². The number of rotatable bonds is 5. The molecule has 1 aromatic carbocycles. The number of benzene rings is 1. The monoisotopic (exact) mass is 464 g/mol. The van der Waals surface area contributed by atoms with Crippen LogP contribution >= 0.6 is 35.6 Å². The van der Waals surface area contributed by atoms with Crippen LogP contribution in [-0.4, -0.2) is 42.6 Å². The highest BCUT2D eigenvalue weighted by Crippen LogP contribution is 2.16. The number of halogens is 2. The molecule has 1 aliphatic rings. The molecule has 6 heteroatoms. The number of nitrogens with zero attached hydrogens (tertiary/aromatic N) is 2. The van der Waals surface area contributed by atoms with E-state index in [2.05, 4.69) is 41.3 Å². The first kappa shape index (κ1) is 21.5. The number of nitrogens with one attached hydrogen (secondary N) is 2. The Morgan fingerprint density at radius 2 is 1.96 bits per heavy atom. The zero-order valence-corrected chi connectivity index (χ0v) is 18.0. The third kappa shape index (κ3) is 6.76. The average molecular weight is 465 g/mol. The molecule has 0 bridgehead atoms. The van der Waals surface area contributed by atoms with Gasteiger partial charge in [0.15, 0.2) is 5.96 Å². The van der Waals surface area contributed by atoms with Gasteiger partial charge in [0.05, 0.1) is 6.54 Å². The van der Waals surface area contributed by atoms with E-state index < -0.39 is 0 Å². The van der Waals surface area contributed by atoms with Crippen LogP contribution in [0.2, 0.25) is 5.02 Å². The van der Waals surface area contributed by atoms with Crippen molar-refractivity contribution in [2.45, 2.75) is 52.2 Å². The van der Waals surface area contributed by atoms with Crippen molar-refractivity contribution in [3.63, 3.8) is 0 Å². The predicted octanol–water partition coefficient (Wildman–Crippen LogP) is 3.89. The number of guanidine groups is 1. The molecule has 136 valence electrons. The molecule has 0 spiro atoms. The first-order valence-corrected chi connectivity index (χ1v) is 9.00. The molecule has 2 rings (SSSR count). The second-order valence-electron chi connectivity index (χ2n) is 6.33. The van der Waals surface area contributed by atoms with Crippen molar-refractivity contribution in [1.29, 1.82) is 0 Å². The summed E-state index contributed by atoms with van der Waals surface area (Å²) in [5.74, 6) is 0.885. The molecule has 0 amide bonds. The van der Waals surface area contributed by atoms with E-state index in [9.17, 15) is 0 Å². The lowest BCUT2D eigenvalue weighted by atomic mass is 10.0. The van der Waals surface area contributed by atoms with Gasteiger partial charge in [-0.1, -0.05) is 29.8 Å². The van der Waals surface area contributed by atoms with E-state index in [1.54, 1.807) is 0 Å². The zero-order chi connectivity index (χ0) is 16.7. The maximum Gasteiger partial charge on any atom is 0.191 e. The first-order valence-electron chi connectivity index (χ1n) is 8.62. The lowest BCUT2D eigenvalue weighted by molar-refractivity contribution is 0.167. The summed E-state index contributed by atoms with van der Waals surface area (Å²) in [7, 11) is 0. The largest absolute Gasteiger partial charge is 0.357 e. The van der Waals surface area contributed by atoms with Crippen LogP contribution in [0.25, 0.3) is 0 Å². The Kier molecular flexibility index (Phi) is 10.0. The standard InChI is InChI=1S/C18H29ClN4.HI/c1-4-20-18(21-13-15-7-5-6-8-17(15)19)22-16-9-11-23(12-10-16)14(2)3;/h5-8,14,16H,4,9-13H2,1-3H3,(H2,20,21,22);1H. The van der Waals surface area contributed by atoms with E-state index >= 15 is 0 Å². The van der Waals surface area contributed by atoms with Crippen molar-refractivity contribution in [2.75, 3.05) is 19.6 Å². The highest BCUT2D eigenvalue weighted by Gasteiger charge is 2.21. The zero-order valence-electron chi connectivity index (χ0n) is 14.9. The average Bonchev–Trinajstić information content (AvgIpc) is 2.54. The molecule has 0 aromatic heterocycles. The molecule has 0 radical (unpaired) electrons. The summed E-state index contributed by atoms with van der Waals surface area (Å²) < 4.78 is 0. The summed E-state index contributed by atoms with van der Waals surface area (Å²) in [4.78, 5) is 7.22. The van der Waals surface area contributed by atoms with Crippen LogP contribution in [0.4, 0.5) is 0 Å². The van der Waals surface area contributed by atoms with Crippen LogP contribution in [0, 0.1) is 0 Å². The molecule has 24 heavy (non-hydrogen) atoms. The summed E-state index contributed by atoms with van der Waals surface area (Å²) in [5.41, 5.74) is 1.06. The fraction of sp³-hybridized carbons (Fsp3) is 0.611. The number of hydrogen-bond donors (Lipinski definition) is 2. The molecular weight excluding hydrogens is 435 g/mol. The Morgan fingerprint density at radius 1 is 1.29 bits per heavy atom. The number of hydrogen-bond acceptors (Lipinski definition) is 2. The Morgan fingerprint density at radius 3 is 2.54 bits per heavy atom. The van der Waals surface area contributed by atoms with Gasteiger partial charge in [-0.2, -0.15) is 0 Å². The van der Waals surface area contributed by atoms with Gasteiger partial charge in [0.25, 0.3) is 0 Å². The minimum absolute atomic E-state index is 0. The fourth-order valence-corrected chi connectivity index (χ4v) is 3.06. The summed E-state index contributed by atoms with van der Waals surface area (Å²) in [5, 5.41) is 7.69. The summed E-state index contributed by atoms with van der Waals surface area (Å²) in [6.07, 6.45) is 2.32. The first-order chi connectivity index (χ1) is 11.1. The van der Waals surface area contributed by atoms with E-state index in [0.29, 0.717) is 18.6 Å². The SMILES string of the molecule is CCNC(=NCc1ccccc1Cl)NC1CCN(C(C)C)CC1.I. The molecular formula is C18H30ClIN4. The maximum absolute atomic E-state index is 6.21. The highest BCUT2D eigenvalue weighted by atomic mass is 127. The van der Waals surface area contributed by atoms with E-state index in [1.807, 2.05) is 24.3 Å². The lowest BCUT2D eigenvalue weighted by Gasteiger charge is -2.35. The minimum Gasteiger partial charge on any atom is -0.357 e. The molecule has 1 fully saturated rings. The molecule has 1 heterocycles. The van der Waals surface area contributed by atoms with Crippen molar-refractivity contribution in [2.24, 2.45) is 4.99 Å². The summed E-state index contributed by atoms with van der Waals surface area (Å²) >= 11 is 6.21. The van der Waals surface area contributed by atoms with Gasteiger partial charge in [-0.05, 0) is 45.2 Å². The van der Waals surface area contributed by atoms with E-state index in [0.717, 1.165) is 49.0 Å². The number of aliphatic imine (C=N–C) groups is 1. The van der Waals surface area contributed by atoms with Crippen LogP contribution < -0.4 is 10.6 Å². The summed E-state index contributed by atoms with van der Waals surface area (Å²) in [6, 6.07) is 9.01. The third-order valence-electron chi connectivity index (χ3n) is 4.31. The van der Waals surface area contributed by atoms with Crippen molar-refractivity contribution in [3.8, 4) is 0 Å². The van der Waals surface area contributed by atoms with Gasteiger partial charge in [-0.15, -0.1) is 24.0 Å². The Bertz CT molecular complexity index is 513. The third-order valence-corrected chi connectivity index (χ3v) is 4.68. The van der Waals surface area contributed by atoms with Gasteiger partial charge in [-0.25, -0.2) is 4.99 Å². The number of piperidine rings is 1. The normalized spacial score (nSPS) is 16.8. The minimum atomic E-state index is 0. The molecule has 0 aliphatic carbocycles. The summed E-state index contributed by atoms with van der Waals surface area (Å²) in [6.45, 7) is 10.4. The van der Waals surface area contributed by atoms with Crippen LogP contribution in [0.5, 0.6) is 0 Å². The van der Waals surface area contributed by atoms with E-state index in [-0.39, 0.29) is 24.0 Å². The molecule has 4 nitrogen and oxygen atoms in total. The van der Waals surface area contributed by atoms with Crippen LogP contribution in [-0.2, 0) is 6.54 Å². The van der Waals surface area contributed by atoms with Crippen LogP contribution in [0.15, 0.2) is 29.3 Å². The molecule has 0 unspecified atom stereocenters. The highest BCUT2D eigenvalue weighted by molar-refractivity contribution is 14.0. The van der Waals surface area contributed by atoms with Gasteiger partial charge in [0.1, 0.15) is 0 Å². The second kappa shape index (κ2) is 11.2. The van der Waals surface area contributed by atoms with Gasteiger partial charge in [-0.3, -0.25) is 0 Å². The molecule has 1 saturated heterocycles. The number of likely N-dealkylation sites (tertiary alicyclic amines) is 1. The Balaban J connectivity index is 0.00000288. The van der Waals surface area contributed by atoms with Crippen molar-refractivity contribution in [3.05, 3.63) is 34.9 Å². The van der Waals surface area contributed by atoms with E-state index in [1.165, 1.54) is 0 Å².